The molecule has 6 nitrogen and oxygen atoms in total. The third-order valence-corrected chi connectivity index (χ3v) is 5.35. The second-order valence-corrected chi connectivity index (χ2v) is 7.90. The third kappa shape index (κ3) is 8.25. The molecule has 1 aliphatic rings. The largest absolute Gasteiger partial charge is 0.473 e. The molecule has 2 aromatic rings. The van der Waals surface area contributed by atoms with Crippen LogP contribution in [0.15, 0.2) is 53.0 Å². The van der Waals surface area contributed by atoms with Crippen LogP contribution in [0.3, 0.4) is 0 Å². The summed E-state index contributed by atoms with van der Waals surface area (Å²) < 4.78 is 1.13. The SMILES string of the molecule is CCc1ccc(CN2CCC(Nc3ccc(Br)cc3)CC2)cc1.O=C(O)C(=O)O. The monoisotopic (exact) mass is 462 g/mol. The van der Waals surface area contributed by atoms with Crippen LogP contribution in [0.25, 0.3) is 0 Å². The summed E-state index contributed by atoms with van der Waals surface area (Å²) in [6.07, 6.45) is 3.54. The van der Waals surface area contributed by atoms with Gasteiger partial charge in [0.2, 0.25) is 0 Å². The second kappa shape index (κ2) is 11.6. The van der Waals surface area contributed by atoms with Crippen molar-refractivity contribution in [1.82, 2.24) is 4.90 Å². The number of nitrogens with zero attached hydrogens (tertiary/aromatic N) is 1. The van der Waals surface area contributed by atoms with E-state index >= 15 is 0 Å². The Hall–Kier alpha value is -2.38. The van der Waals surface area contributed by atoms with Gasteiger partial charge >= 0.3 is 11.9 Å². The van der Waals surface area contributed by atoms with Gasteiger partial charge in [0, 0.05) is 35.8 Å². The van der Waals surface area contributed by atoms with Gasteiger partial charge in [0.25, 0.3) is 0 Å². The van der Waals surface area contributed by atoms with Gasteiger partial charge in [0.05, 0.1) is 0 Å². The number of benzene rings is 2. The Kier molecular flexibility index (Phi) is 9.15. The van der Waals surface area contributed by atoms with Crippen molar-refractivity contribution < 1.29 is 19.8 Å². The van der Waals surface area contributed by atoms with Crippen molar-refractivity contribution in [3.05, 3.63) is 64.1 Å². The van der Waals surface area contributed by atoms with Crippen LogP contribution < -0.4 is 5.32 Å². The minimum absolute atomic E-state index is 0.592. The summed E-state index contributed by atoms with van der Waals surface area (Å²) in [6.45, 7) is 5.63. The summed E-state index contributed by atoms with van der Waals surface area (Å²) in [7, 11) is 0. The molecule has 3 rings (SSSR count). The van der Waals surface area contributed by atoms with E-state index in [0.717, 1.165) is 17.4 Å². The maximum atomic E-state index is 9.10. The van der Waals surface area contributed by atoms with Crippen LogP contribution in [0.4, 0.5) is 5.69 Å². The van der Waals surface area contributed by atoms with E-state index in [1.807, 2.05) is 0 Å². The number of likely N-dealkylation sites (tertiary alicyclic amines) is 1. The van der Waals surface area contributed by atoms with Gasteiger partial charge in [-0.2, -0.15) is 0 Å². The number of halogens is 1. The summed E-state index contributed by atoms with van der Waals surface area (Å²) in [6, 6.07) is 18.2. The number of carbonyl (C=O) groups is 2. The molecule has 0 unspecified atom stereocenters. The lowest BCUT2D eigenvalue weighted by Gasteiger charge is -2.33. The van der Waals surface area contributed by atoms with E-state index in [4.69, 9.17) is 19.8 Å². The van der Waals surface area contributed by atoms with Crippen LogP contribution in [0.5, 0.6) is 0 Å². The van der Waals surface area contributed by atoms with E-state index in [0.29, 0.717) is 6.04 Å². The van der Waals surface area contributed by atoms with Gasteiger partial charge in [-0.15, -0.1) is 0 Å². The van der Waals surface area contributed by atoms with Gasteiger partial charge in [0.1, 0.15) is 0 Å². The van der Waals surface area contributed by atoms with Crippen molar-refractivity contribution in [2.45, 2.75) is 38.8 Å². The van der Waals surface area contributed by atoms with E-state index in [9.17, 15) is 0 Å². The number of nitrogens with one attached hydrogen (secondary N) is 1. The molecule has 7 heteroatoms. The summed E-state index contributed by atoms with van der Waals surface area (Å²) in [5.41, 5.74) is 4.08. The number of anilines is 1. The highest BCUT2D eigenvalue weighted by molar-refractivity contribution is 9.10. The third-order valence-electron chi connectivity index (χ3n) is 4.82. The zero-order valence-electron chi connectivity index (χ0n) is 16.5. The molecule has 1 saturated heterocycles. The maximum Gasteiger partial charge on any atom is 0.414 e. The van der Waals surface area contributed by atoms with Crippen molar-refractivity contribution in [1.29, 1.82) is 0 Å². The molecular weight excluding hydrogens is 436 g/mol. The predicted octanol–water partition coefficient (Wildman–Crippen LogP) is 4.24. The molecule has 0 aliphatic carbocycles. The Morgan fingerprint density at radius 1 is 0.966 bits per heavy atom. The Morgan fingerprint density at radius 3 is 1.97 bits per heavy atom. The number of piperidine rings is 1. The fourth-order valence-electron chi connectivity index (χ4n) is 3.16. The zero-order chi connectivity index (χ0) is 21.2. The molecule has 156 valence electrons. The maximum absolute atomic E-state index is 9.10. The van der Waals surface area contributed by atoms with Crippen LogP contribution in [-0.4, -0.2) is 46.2 Å². The van der Waals surface area contributed by atoms with Gasteiger partial charge in [0.15, 0.2) is 0 Å². The van der Waals surface area contributed by atoms with Gasteiger partial charge in [-0.25, -0.2) is 9.59 Å². The van der Waals surface area contributed by atoms with Crippen molar-refractivity contribution in [2.75, 3.05) is 18.4 Å². The normalized spacial score (nSPS) is 14.6. The number of carboxylic acids is 2. The first-order chi connectivity index (χ1) is 13.9. The fraction of sp³-hybridized carbons (Fsp3) is 0.364. The average molecular weight is 463 g/mol. The fourth-order valence-corrected chi connectivity index (χ4v) is 3.42. The van der Waals surface area contributed by atoms with Crippen LogP contribution in [0.1, 0.15) is 30.9 Å². The first kappa shape index (κ1) is 22.9. The van der Waals surface area contributed by atoms with Crippen molar-refractivity contribution in [3.63, 3.8) is 0 Å². The van der Waals surface area contributed by atoms with Gasteiger partial charge in [-0.1, -0.05) is 47.1 Å². The number of aryl methyl sites for hydroxylation is 1. The summed E-state index contributed by atoms with van der Waals surface area (Å²) in [5, 5.41) is 18.4. The number of hydrogen-bond acceptors (Lipinski definition) is 4. The second-order valence-electron chi connectivity index (χ2n) is 6.98. The highest BCUT2D eigenvalue weighted by Crippen LogP contribution is 2.20. The van der Waals surface area contributed by atoms with E-state index in [2.05, 4.69) is 81.6 Å². The van der Waals surface area contributed by atoms with Crippen molar-refractivity contribution >= 4 is 33.6 Å². The Bertz CT molecular complexity index is 773. The molecule has 2 aromatic carbocycles. The lowest BCUT2D eigenvalue weighted by atomic mass is 10.0. The molecule has 0 aromatic heterocycles. The Balaban J connectivity index is 0.000000438. The summed E-state index contributed by atoms with van der Waals surface area (Å²) in [5.74, 6) is -3.65. The van der Waals surface area contributed by atoms with Crippen molar-refractivity contribution in [2.24, 2.45) is 0 Å². The predicted molar refractivity (Wildman–Crippen MR) is 117 cm³/mol. The van der Waals surface area contributed by atoms with E-state index in [-0.39, 0.29) is 0 Å². The van der Waals surface area contributed by atoms with Gasteiger partial charge in [-0.05, 0) is 54.7 Å². The molecule has 1 heterocycles. The molecular formula is C22H27BrN2O4. The van der Waals surface area contributed by atoms with Crippen LogP contribution in [-0.2, 0) is 22.6 Å². The first-order valence-corrected chi connectivity index (χ1v) is 10.4. The number of aliphatic carboxylic acids is 2. The lowest BCUT2D eigenvalue weighted by molar-refractivity contribution is -0.159. The average Bonchev–Trinajstić information content (AvgIpc) is 2.72. The minimum Gasteiger partial charge on any atom is -0.473 e. The minimum atomic E-state index is -1.82. The quantitative estimate of drug-likeness (QED) is 0.575. The number of carboxylic acid groups (broad SMARTS) is 2. The smallest absolute Gasteiger partial charge is 0.414 e. The standard InChI is InChI=1S/C20H25BrN2.C2H2O4/c1-2-16-3-5-17(6-4-16)15-23-13-11-20(12-14-23)22-19-9-7-18(21)8-10-19;3-1(4)2(5)6/h3-10,20,22H,2,11-15H2,1H3;(H,3,4)(H,5,6). The molecule has 0 spiro atoms. The molecule has 0 radical (unpaired) electrons. The molecule has 0 saturated carbocycles. The van der Waals surface area contributed by atoms with Gasteiger partial charge < -0.3 is 15.5 Å². The van der Waals surface area contributed by atoms with Crippen LogP contribution >= 0.6 is 15.9 Å². The molecule has 29 heavy (non-hydrogen) atoms. The zero-order valence-corrected chi connectivity index (χ0v) is 18.1. The Morgan fingerprint density at radius 2 is 1.48 bits per heavy atom. The molecule has 0 bridgehead atoms. The first-order valence-electron chi connectivity index (χ1n) is 9.66. The highest BCUT2D eigenvalue weighted by Gasteiger charge is 2.19. The van der Waals surface area contributed by atoms with Crippen LogP contribution in [0.2, 0.25) is 0 Å². The highest BCUT2D eigenvalue weighted by atomic mass is 79.9. The molecule has 3 N–H and O–H groups in total. The summed E-state index contributed by atoms with van der Waals surface area (Å²) >= 11 is 3.48. The number of rotatable bonds is 5. The van der Waals surface area contributed by atoms with E-state index in [1.165, 1.54) is 42.7 Å². The van der Waals surface area contributed by atoms with E-state index < -0.39 is 11.9 Å². The van der Waals surface area contributed by atoms with Crippen LogP contribution in [0, 0.1) is 0 Å². The topological polar surface area (TPSA) is 89.9 Å². The van der Waals surface area contributed by atoms with Gasteiger partial charge in [-0.3, -0.25) is 4.90 Å². The van der Waals surface area contributed by atoms with Crippen molar-refractivity contribution in [3.8, 4) is 0 Å². The lowest BCUT2D eigenvalue weighted by Crippen LogP contribution is -2.38. The Labute approximate surface area is 179 Å². The van der Waals surface area contributed by atoms with E-state index in [1.54, 1.807) is 0 Å². The number of hydrogen-bond donors (Lipinski definition) is 3. The summed E-state index contributed by atoms with van der Waals surface area (Å²) in [4.78, 5) is 20.8. The molecule has 0 atom stereocenters. The molecule has 1 aliphatic heterocycles. The molecule has 0 amide bonds. The molecule has 1 fully saturated rings.